The van der Waals surface area contributed by atoms with E-state index in [-0.39, 0.29) is 11.9 Å². The molecule has 0 radical (unpaired) electrons. The molecule has 1 aromatic rings. The van der Waals surface area contributed by atoms with Crippen LogP contribution in [0, 0.1) is 13.8 Å². The molecule has 3 N–H and O–H groups in total. The molecule has 14 heavy (non-hydrogen) atoms. The summed E-state index contributed by atoms with van der Waals surface area (Å²) in [4.78, 5) is 11.4. The van der Waals surface area contributed by atoms with Crippen LogP contribution in [0.4, 0.5) is 5.69 Å². The van der Waals surface area contributed by atoms with Crippen LogP contribution >= 0.6 is 0 Å². The molecule has 78 valence electrons. The summed E-state index contributed by atoms with van der Waals surface area (Å²) in [7, 11) is 0. The Labute approximate surface area is 82.6 Å². The minimum Gasteiger partial charge on any atom is -0.359 e. The third-order valence-corrected chi connectivity index (χ3v) is 1.81. The lowest BCUT2D eigenvalue weighted by molar-refractivity contribution is -0.116. The van der Waals surface area contributed by atoms with Gasteiger partial charge in [0.2, 0.25) is 5.91 Å². The minimum atomic E-state index is -0.143. The maximum absolute atomic E-state index is 11.4. The van der Waals surface area contributed by atoms with Gasteiger partial charge in [-0.2, -0.15) is 0 Å². The van der Waals surface area contributed by atoms with Crippen LogP contribution in [0.3, 0.4) is 0 Å². The number of nitrogens with two attached hydrogens (primary N) is 1. The van der Waals surface area contributed by atoms with Gasteiger partial charge in [0.15, 0.2) is 5.76 Å². The van der Waals surface area contributed by atoms with E-state index in [1.807, 2.05) is 0 Å². The highest BCUT2D eigenvalue weighted by Crippen LogP contribution is 2.18. The summed E-state index contributed by atoms with van der Waals surface area (Å²) in [6, 6.07) is -0.143. The van der Waals surface area contributed by atoms with Crippen LogP contribution in [0.2, 0.25) is 0 Å². The number of rotatable bonds is 3. The molecule has 0 aliphatic carbocycles. The van der Waals surface area contributed by atoms with Gasteiger partial charge in [-0.3, -0.25) is 4.79 Å². The van der Waals surface area contributed by atoms with Crippen molar-refractivity contribution in [2.75, 3.05) is 5.32 Å². The number of amides is 1. The second kappa shape index (κ2) is 4.23. The maximum atomic E-state index is 11.4. The Hall–Kier alpha value is -1.36. The monoisotopic (exact) mass is 197 g/mol. The van der Waals surface area contributed by atoms with Gasteiger partial charge in [0.1, 0.15) is 11.4 Å². The Morgan fingerprint density at radius 1 is 1.64 bits per heavy atom. The molecule has 0 saturated carbocycles. The van der Waals surface area contributed by atoms with Gasteiger partial charge in [0.25, 0.3) is 0 Å². The molecule has 1 atom stereocenters. The average Bonchev–Trinajstić information content (AvgIpc) is 2.34. The van der Waals surface area contributed by atoms with Crippen LogP contribution in [0.15, 0.2) is 4.52 Å². The average molecular weight is 197 g/mol. The number of nitrogens with zero attached hydrogens (tertiary/aromatic N) is 1. The first-order valence-electron chi connectivity index (χ1n) is 4.49. The van der Waals surface area contributed by atoms with E-state index in [1.54, 1.807) is 20.8 Å². The van der Waals surface area contributed by atoms with E-state index in [9.17, 15) is 4.79 Å². The van der Waals surface area contributed by atoms with Crippen molar-refractivity contribution < 1.29 is 9.32 Å². The molecule has 1 heterocycles. The minimum absolute atomic E-state index is 0.116. The lowest BCUT2D eigenvalue weighted by Crippen LogP contribution is -2.24. The smallest absolute Gasteiger partial charge is 0.226 e. The van der Waals surface area contributed by atoms with Crippen molar-refractivity contribution in [1.29, 1.82) is 0 Å². The van der Waals surface area contributed by atoms with Crippen molar-refractivity contribution in [1.82, 2.24) is 5.16 Å². The van der Waals surface area contributed by atoms with Crippen molar-refractivity contribution in [3.63, 3.8) is 0 Å². The zero-order chi connectivity index (χ0) is 10.7. The molecule has 0 aliphatic heterocycles. The zero-order valence-electron chi connectivity index (χ0n) is 8.63. The molecule has 5 nitrogen and oxygen atoms in total. The van der Waals surface area contributed by atoms with Crippen molar-refractivity contribution >= 4 is 11.6 Å². The molecular weight excluding hydrogens is 182 g/mol. The summed E-state index contributed by atoms with van der Waals surface area (Å²) >= 11 is 0. The van der Waals surface area contributed by atoms with Crippen molar-refractivity contribution in [2.24, 2.45) is 5.73 Å². The number of hydrogen-bond donors (Lipinski definition) is 2. The molecule has 1 unspecified atom stereocenters. The van der Waals surface area contributed by atoms with Crippen molar-refractivity contribution in [2.45, 2.75) is 33.2 Å². The topological polar surface area (TPSA) is 81.2 Å². The molecule has 0 aliphatic rings. The van der Waals surface area contributed by atoms with Gasteiger partial charge in [0.05, 0.1) is 0 Å². The normalized spacial score (nSPS) is 12.6. The Kier molecular flexibility index (Phi) is 3.24. The lowest BCUT2D eigenvalue weighted by atomic mass is 10.2. The van der Waals surface area contributed by atoms with Gasteiger partial charge in [-0.25, -0.2) is 0 Å². The van der Waals surface area contributed by atoms with Gasteiger partial charge < -0.3 is 15.6 Å². The van der Waals surface area contributed by atoms with E-state index in [0.29, 0.717) is 23.6 Å². The van der Waals surface area contributed by atoms with Gasteiger partial charge >= 0.3 is 0 Å². The SMILES string of the molecule is Cc1noc(C)c1NC(=O)CC(C)N. The number of anilines is 1. The van der Waals surface area contributed by atoms with E-state index in [4.69, 9.17) is 10.3 Å². The highest BCUT2D eigenvalue weighted by molar-refractivity contribution is 5.92. The molecule has 0 saturated heterocycles. The van der Waals surface area contributed by atoms with E-state index < -0.39 is 0 Å². The fourth-order valence-corrected chi connectivity index (χ4v) is 1.14. The van der Waals surface area contributed by atoms with Crippen LogP contribution in [0.5, 0.6) is 0 Å². The summed E-state index contributed by atoms with van der Waals surface area (Å²) in [6.07, 6.45) is 0.296. The highest BCUT2D eigenvalue weighted by atomic mass is 16.5. The molecule has 0 spiro atoms. The molecule has 1 amide bonds. The second-order valence-corrected chi connectivity index (χ2v) is 3.43. The van der Waals surface area contributed by atoms with Crippen LogP contribution in [-0.2, 0) is 4.79 Å². The van der Waals surface area contributed by atoms with Crippen LogP contribution in [0.1, 0.15) is 24.8 Å². The quantitative estimate of drug-likeness (QED) is 0.756. The van der Waals surface area contributed by atoms with Crippen molar-refractivity contribution in [3.05, 3.63) is 11.5 Å². The number of nitrogens with one attached hydrogen (secondary N) is 1. The van der Waals surface area contributed by atoms with E-state index >= 15 is 0 Å². The molecule has 1 aromatic heterocycles. The fourth-order valence-electron chi connectivity index (χ4n) is 1.14. The molecule has 0 bridgehead atoms. The second-order valence-electron chi connectivity index (χ2n) is 3.43. The summed E-state index contributed by atoms with van der Waals surface area (Å²) in [5, 5.41) is 6.44. The number of carbonyl (C=O) groups is 1. The Bertz CT molecular complexity index is 311. The summed E-state index contributed by atoms with van der Waals surface area (Å²) in [5.41, 5.74) is 6.83. The zero-order valence-corrected chi connectivity index (χ0v) is 8.63. The molecule has 5 heteroatoms. The molecule has 1 rings (SSSR count). The predicted octanol–water partition coefficient (Wildman–Crippen LogP) is 0.967. The number of carbonyl (C=O) groups excluding carboxylic acids is 1. The maximum Gasteiger partial charge on any atom is 0.226 e. The van der Waals surface area contributed by atoms with Crippen LogP contribution in [0.25, 0.3) is 0 Å². The summed E-state index contributed by atoms with van der Waals surface area (Å²) in [6.45, 7) is 5.31. The molecule has 0 fully saturated rings. The van der Waals surface area contributed by atoms with E-state index in [0.717, 1.165) is 0 Å². The Morgan fingerprint density at radius 3 is 2.71 bits per heavy atom. The summed E-state index contributed by atoms with van der Waals surface area (Å²) < 4.78 is 4.91. The number of hydrogen-bond acceptors (Lipinski definition) is 4. The largest absolute Gasteiger partial charge is 0.359 e. The third kappa shape index (κ3) is 2.56. The van der Waals surface area contributed by atoms with E-state index in [1.165, 1.54) is 0 Å². The summed E-state index contributed by atoms with van der Waals surface area (Å²) in [5.74, 6) is 0.495. The number of aromatic nitrogens is 1. The fraction of sp³-hybridized carbons (Fsp3) is 0.556. The first-order valence-corrected chi connectivity index (χ1v) is 4.49. The van der Waals surface area contributed by atoms with E-state index in [2.05, 4.69) is 10.5 Å². The third-order valence-electron chi connectivity index (χ3n) is 1.81. The first-order chi connectivity index (χ1) is 6.50. The highest BCUT2D eigenvalue weighted by Gasteiger charge is 2.12. The number of aryl methyl sites for hydroxylation is 2. The van der Waals surface area contributed by atoms with Gasteiger partial charge in [-0.05, 0) is 20.8 Å². The molecular formula is C9H15N3O2. The standard InChI is InChI=1S/C9H15N3O2/c1-5(10)4-8(13)11-9-6(2)12-14-7(9)3/h5H,4,10H2,1-3H3,(H,11,13). The Morgan fingerprint density at radius 2 is 2.29 bits per heavy atom. The van der Waals surface area contributed by atoms with Crippen LogP contribution < -0.4 is 11.1 Å². The lowest BCUT2D eigenvalue weighted by Gasteiger charge is -2.05. The molecule has 0 aromatic carbocycles. The first kappa shape index (κ1) is 10.7. The van der Waals surface area contributed by atoms with Crippen LogP contribution in [-0.4, -0.2) is 17.1 Å². The van der Waals surface area contributed by atoms with Crippen molar-refractivity contribution in [3.8, 4) is 0 Å². The Balaban J connectivity index is 2.64. The van der Waals surface area contributed by atoms with Gasteiger partial charge in [-0.15, -0.1) is 0 Å². The predicted molar refractivity (Wildman–Crippen MR) is 52.9 cm³/mol. The van der Waals surface area contributed by atoms with Gasteiger partial charge in [0, 0.05) is 12.5 Å². The van der Waals surface area contributed by atoms with Gasteiger partial charge in [-0.1, -0.05) is 5.16 Å².